The first-order chi connectivity index (χ1) is 32.2. The molecule has 0 aliphatic carbocycles. The maximum Gasteiger partial charge on any atom is 0.164 e. The third kappa shape index (κ3) is 5.61. The van der Waals surface area contributed by atoms with Crippen LogP contribution < -0.4 is 0 Å². The second kappa shape index (κ2) is 14.0. The Morgan fingerprint density at radius 1 is 0.369 bits per heavy atom. The minimum atomic E-state index is 0.577. The third-order valence-corrected chi connectivity index (χ3v) is 14.2. The van der Waals surface area contributed by atoms with Crippen LogP contribution in [-0.2, 0) is 0 Å². The van der Waals surface area contributed by atoms with Crippen LogP contribution in [0.2, 0.25) is 0 Å². The molecule has 6 heteroatoms. The summed E-state index contributed by atoms with van der Waals surface area (Å²) in [6.45, 7) is 0. The lowest BCUT2D eigenvalue weighted by Crippen LogP contribution is -2.02. The molecule has 65 heavy (non-hydrogen) atoms. The fraction of sp³-hybridized carbons (Fsp3) is 0. The zero-order valence-electron chi connectivity index (χ0n) is 34.7. The Morgan fingerprint density at radius 3 is 1.82 bits per heavy atom. The summed E-state index contributed by atoms with van der Waals surface area (Å²) >= 11 is 1.86. The van der Waals surface area contributed by atoms with Crippen LogP contribution in [0.25, 0.3) is 136 Å². The molecular weight excluding hydrogens is 813 g/mol. The summed E-state index contributed by atoms with van der Waals surface area (Å²) in [7, 11) is 0. The topological polar surface area (TPSA) is 56.7 Å². The van der Waals surface area contributed by atoms with Crippen LogP contribution >= 0.6 is 11.3 Å². The van der Waals surface area contributed by atoms with E-state index in [4.69, 9.17) is 19.4 Å². The van der Waals surface area contributed by atoms with Crippen LogP contribution in [-0.4, -0.2) is 19.5 Å². The molecule has 0 bridgehead atoms. The van der Waals surface area contributed by atoms with E-state index in [0.717, 1.165) is 66.5 Å². The van der Waals surface area contributed by atoms with E-state index in [1.165, 1.54) is 52.5 Å². The van der Waals surface area contributed by atoms with Crippen LogP contribution in [0.3, 0.4) is 0 Å². The number of nitrogens with zero attached hydrogens (tertiary/aromatic N) is 4. The maximum atomic E-state index is 6.36. The third-order valence-electron chi connectivity index (χ3n) is 13.0. The highest BCUT2D eigenvalue weighted by molar-refractivity contribution is 7.26. The molecule has 0 N–H and O–H groups in total. The summed E-state index contributed by atoms with van der Waals surface area (Å²) in [6, 6.07) is 73.5. The van der Waals surface area contributed by atoms with Gasteiger partial charge in [0.2, 0.25) is 0 Å². The number of fused-ring (bicyclic) bond motifs is 12. The number of furan rings is 1. The van der Waals surface area contributed by atoms with Gasteiger partial charge in [0.25, 0.3) is 0 Å². The van der Waals surface area contributed by atoms with Gasteiger partial charge in [-0.1, -0.05) is 140 Å². The number of rotatable bonds is 5. The minimum Gasteiger partial charge on any atom is -0.456 e. The largest absolute Gasteiger partial charge is 0.456 e. The quantitative estimate of drug-likeness (QED) is 0.173. The van der Waals surface area contributed by atoms with Crippen molar-refractivity contribution in [1.82, 2.24) is 19.5 Å². The highest BCUT2D eigenvalue weighted by Gasteiger charge is 2.23. The molecule has 10 aromatic carbocycles. The fourth-order valence-corrected chi connectivity index (χ4v) is 11.3. The summed E-state index contributed by atoms with van der Waals surface area (Å²) < 4.78 is 11.4. The molecule has 14 aromatic rings. The van der Waals surface area contributed by atoms with E-state index in [-0.39, 0.29) is 0 Å². The van der Waals surface area contributed by atoms with Gasteiger partial charge in [-0.3, -0.25) is 0 Å². The lowest BCUT2D eigenvalue weighted by molar-refractivity contribution is 0.669. The predicted octanol–water partition coefficient (Wildman–Crippen LogP) is 16.2. The maximum absolute atomic E-state index is 6.36. The van der Waals surface area contributed by atoms with Gasteiger partial charge < -0.3 is 8.98 Å². The number of hydrogen-bond acceptors (Lipinski definition) is 5. The van der Waals surface area contributed by atoms with Crippen LogP contribution in [0.4, 0.5) is 0 Å². The Kier molecular flexibility index (Phi) is 7.79. The van der Waals surface area contributed by atoms with Gasteiger partial charge in [0.05, 0.1) is 16.7 Å². The normalized spacial score (nSPS) is 12.0. The van der Waals surface area contributed by atoms with Gasteiger partial charge in [-0.15, -0.1) is 11.3 Å². The van der Waals surface area contributed by atoms with Crippen LogP contribution in [0.5, 0.6) is 0 Å². The van der Waals surface area contributed by atoms with E-state index in [1.54, 1.807) is 0 Å². The zero-order valence-corrected chi connectivity index (χ0v) is 35.6. The molecule has 4 aromatic heterocycles. The van der Waals surface area contributed by atoms with Crippen molar-refractivity contribution < 1.29 is 4.42 Å². The second-order valence-electron chi connectivity index (χ2n) is 16.7. The molecule has 14 rings (SSSR count). The highest BCUT2D eigenvalue weighted by Crippen LogP contribution is 2.47. The van der Waals surface area contributed by atoms with Crippen molar-refractivity contribution in [2.45, 2.75) is 0 Å². The van der Waals surface area contributed by atoms with Gasteiger partial charge in [0.15, 0.2) is 17.5 Å². The average Bonchev–Trinajstić information content (AvgIpc) is 4.05. The Balaban J connectivity index is 1.08. The van der Waals surface area contributed by atoms with E-state index < -0.39 is 0 Å². The predicted molar refractivity (Wildman–Crippen MR) is 271 cm³/mol. The molecule has 0 atom stereocenters. The molecule has 0 saturated carbocycles. The van der Waals surface area contributed by atoms with Crippen molar-refractivity contribution in [2.75, 3.05) is 0 Å². The second-order valence-corrected chi connectivity index (χ2v) is 17.8. The Morgan fingerprint density at radius 2 is 0.985 bits per heavy atom. The van der Waals surface area contributed by atoms with Crippen LogP contribution in [0.1, 0.15) is 0 Å². The highest BCUT2D eigenvalue weighted by atomic mass is 32.1. The lowest BCUT2D eigenvalue weighted by atomic mass is 9.93. The minimum absolute atomic E-state index is 0.577. The number of para-hydroxylation sites is 2. The van der Waals surface area contributed by atoms with Crippen molar-refractivity contribution in [1.29, 1.82) is 0 Å². The van der Waals surface area contributed by atoms with Gasteiger partial charge in [0, 0.05) is 64.0 Å². The van der Waals surface area contributed by atoms with Crippen molar-refractivity contribution in [3.8, 4) is 51.0 Å². The van der Waals surface area contributed by atoms with Crippen molar-refractivity contribution in [3.05, 3.63) is 206 Å². The van der Waals surface area contributed by atoms with Gasteiger partial charge in [-0.2, -0.15) is 0 Å². The molecule has 0 saturated heterocycles. The van der Waals surface area contributed by atoms with Gasteiger partial charge >= 0.3 is 0 Å². The summed E-state index contributed by atoms with van der Waals surface area (Å²) in [5.74, 6) is 1.77. The van der Waals surface area contributed by atoms with Crippen molar-refractivity contribution in [2.24, 2.45) is 0 Å². The zero-order chi connectivity index (χ0) is 42.6. The van der Waals surface area contributed by atoms with Gasteiger partial charge in [-0.05, 0) is 93.8 Å². The Bertz CT molecular complexity index is 4260. The van der Waals surface area contributed by atoms with Crippen molar-refractivity contribution >= 4 is 96.8 Å². The molecule has 0 radical (unpaired) electrons. The average molecular weight is 847 g/mol. The van der Waals surface area contributed by atoms with E-state index in [2.05, 4.69) is 174 Å². The van der Waals surface area contributed by atoms with Crippen LogP contribution in [0, 0.1) is 0 Å². The molecule has 0 aliphatic heterocycles. The Labute approximate surface area is 376 Å². The molecule has 4 heterocycles. The molecule has 0 unspecified atom stereocenters. The SMILES string of the molecule is c1ccc(-c2nc(-c3ccc(-n4c5ccccc5c5cc6ccccc6cc54)c(-c4cc5ccccc5c5sc6ccccc6c45)c3)nc(-c3ccc4c(c3)oc3ccccc34)n2)cc1. The summed E-state index contributed by atoms with van der Waals surface area (Å²) in [5.41, 5.74) is 9.93. The number of thiophene rings is 1. The molecule has 0 aliphatic rings. The smallest absolute Gasteiger partial charge is 0.164 e. The fourth-order valence-electron chi connectivity index (χ4n) is 9.99. The number of benzene rings is 10. The van der Waals surface area contributed by atoms with E-state index >= 15 is 0 Å². The molecule has 0 spiro atoms. The molecule has 0 amide bonds. The first-order valence-electron chi connectivity index (χ1n) is 21.8. The van der Waals surface area contributed by atoms with E-state index in [1.807, 2.05) is 47.7 Å². The number of aromatic nitrogens is 4. The lowest BCUT2D eigenvalue weighted by Gasteiger charge is -2.18. The van der Waals surface area contributed by atoms with Gasteiger partial charge in [0.1, 0.15) is 11.2 Å². The monoisotopic (exact) mass is 846 g/mol. The summed E-state index contributed by atoms with van der Waals surface area (Å²) in [5, 5.41) is 11.9. The van der Waals surface area contributed by atoms with E-state index in [9.17, 15) is 0 Å². The summed E-state index contributed by atoms with van der Waals surface area (Å²) in [6.07, 6.45) is 0. The van der Waals surface area contributed by atoms with Crippen LogP contribution in [0.15, 0.2) is 211 Å². The standard InChI is InChI=1S/C59H34N4OS/c1-2-14-35(15-3-1)57-60-58(62-59(61-57)40-26-28-44-43-21-9-12-24-52(43)64-53(44)34-40)39-27-29-50(63-49-23-11-8-20-42(49)46-30-36-16-4-5-17-37(36)33-51(46)63)47(32-39)48-31-38-18-6-7-19-41(38)56-55(48)45-22-10-13-25-54(45)65-56/h1-34H. The molecule has 0 fully saturated rings. The number of hydrogen-bond donors (Lipinski definition) is 0. The Hall–Kier alpha value is -8.45. The van der Waals surface area contributed by atoms with Gasteiger partial charge in [-0.25, -0.2) is 15.0 Å². The first kappa shape index (κ1) is 36.1. The molecule has 302 valence electrons. The summed E-state index contributed by atoms with van der Waals surface area (Å²) in [4.78, 5) is 15.7. The van der Waals surface area contributed by atoms with Crippen molar-refractivity contribution in [3.63, 3.8) is 0 Å². The first-order valence-corrected chi connectivity index (χ1v) is 22.7. The molecule has 5 nitrogen and oxygen atoms in total. The van der Waals surface area contributed by atoms with E-state index in [0.29, 0.717) is 17.5 Å². The molecular formula is C59H34N4OS.